The first-order chi connectivity index (χ1) is 11.7. The standard InChI is InChI=1S/C18H28N4O2/c1-15-5-4-8-22(16(15)14-23)18(24)13-20-9-11-21(12-10-20)17-6-2-3-7-19-17/h2-3,6-7,15-16,23H,4-5,8-14H2,1H3. The van der Waals surface area contributed by atoms with Gasteiger partial charge in [-0.25, -0.2) is 4.98 Å². The maximum Gasteiger partial charge on any atom is 0.237 e. The van der Waals surface area contributed by atoms with Crippen LogP contribution in [-0.2, 0) is 4.79 Å². The molecular weight excluding hydrogens is 304 g/mol. The van der Waals surface area contributed by atoms with Crippen molar-refractivity contribution in [3.63, 3.8) is 0 Å². The average molecular weight is 332 g/mol. The second kappa shape index (κ2) is 7.94. The van der Waals surface area contributed by atoms with Gasteiger partial charge in [-0.3, -0.25) is 9.69 Å². The Hall–Kier alpha value is -1.66. The van der Waals surface area contributed by atoms with E-state index in [-0.39, 0.29) is 18.6 Å². The van der Waals surface area contributed by atoms with Crippen molar-refractivity contribution < 1.29 is 9.90 Å². The van der Waals surface area contributed by atoms with Crippen molar-refractivity contribution in [1.29, 1.82) is 0 Å². The third-order valence-corrected chi connectivity index (χ3v) is 5.33. The van der Waals surface area contributed by atoms with Crippen LogP contribution in [0.1, 0.15) is 19.8 Å². The number of amides is 1. The number of pyridine rings is 1. The summed E-state index contributed by atoms with van der Waals surface area (Å²) in [5.74, 6) is 1.55. The number of aliphatic hydroxyl groups excluding tert-OH is 1. The Morgan fingerprint density at radius 3 is 2.71 bits per heavy atom. The maximum atomic E-state index is 12.7. The molecule has 0 spiro atoms. The Balaban J connectivity index is 1.51. The molecular formula is C18H28N4O2. The number of aliphatic hydroxyl groups is 1. The Kier molecular flexibility index (Phi) is 5.68. The van der Waals surface area contributed by atoms with Crippen molar-refractivity contribution in [2.75, 3.05) is 50.8 Å². The van der Waals surface area contributed by atoms with Crippen molar-refractivity contribution in [3.8, 4) is 0 Å². The monoisotopic (exact) mass is 332 g/mol. The van der Waals surface area contributed by atoms with Gasteiger partial charge in [-0.2, -0.15) is 0 Å². The van der Waals surface area contributed by atoms with Crippen molar-refractivity contribution in [2.24, 2.45) is 5.92 Å². The van der Waals surface area contributed by atoms with Gasteiger partial charge in [0.1, 0.15) is 5.82 Å². The van der Waals surface area contributed by atoms with E-state index >= 15 is 0 Å². The first-order valence-electron chi connectivity index (χ1n) is 8.97. The van der Waals surface area contributed by atoms with Crippen molar-refractivity contribution in [2.45, 2.75) is 25.8 Å². The number of aromatic nitrogens is 1. The highest BCUT2D eigenvalue weighted by atomic mass is 16.3. The molecule has 3 rings (SSSR count). The molecule has 2 aliphatic rings. The van der Waals surface area contributed by atoms with Crippen LogP contribution in [0.4, 0.5) is 5.82 Å². The first kappa shape index (κ1) is 17.2. The lowest BCUT2D eigenvalue weighted by Crippen LogP contribution is -2.55. The summed E-state index contributed by atoms with van der Waals surface area (Å²) in [4.78, 5) is 23.5. The molecule has 0 bridgehead atoms. The number of piperazine rings is 1. The summed E-state index contributed by atoms with van der Waals surface area (Å²) < 4.78 is 0. The summed E-state index contributed by atoms with van der Waals surface area (Å²) in [5, 5.41) is 9.63. The van der Waals surface area contributed by atoms with Gasteiger partial charge in [0.25, 0.3) is 0 Å². The molecule has 2 unspecified atom stereocenters. The van der Waals surface area contributed by atoms with Crippen LogP contribution in [0, 0.1) is 5.92 Å². The fourth-order valence-electron chi connectivity index (χ4n) is 3.80. The van der Waals surface area contributed by atoms with E-state index in [9.17, 15) is 9.90 Å². The third kappa shape index (κ3) is 3.87. The van der Waals surface area contributed by atoms with Gasteiger partial charge in [-0.1, -0.05) is 13.0 Å². The number of rotatable bonds is 4. The predicted molar refractivity (Wildman–Crippen MR) is 93.9 cm³/mol. The molecule has 0 aromatic carbocycles. The molecule has 1 N–H and O–H groups in total. The van der Waals surface area contributed by atoms with E-state index < -0.39 is 0 Å². The van der Waals surface area contributed by atoms with E-state index in [0.717, 1.165) is 51.4 Å². The second-order valence-corrected chi connectivity index (χ2v) is 6.91. The van der Waals surface area contributed by atoms with Crippen LogP contribution in [0.15, 0.2) is 24.4 Å². The van der Waals surface area contributed by atoms with E-state index in [1.807, 2.05) is 29.3 Å². The molecule has 0 aliphatic carbocycles. The molecule has 1 aromatic rings. The largest absolute Gasteiger partial charge is 0.394 e. The number of hydrogen-bond donors (Lipinski definition) is 1. The highest BCUT2D eigenvalue weighted by Gasteiger charge is 2.32. The fraction of sp³-hybridized carbons (Fsp3) is 0.667. The lowest BCUT2D eigenvalue weighted by Gasteiger charge is -2.41. The summed E-state index contributed by atoms with van der Waals surface area (Å²) in [7, 11) is 0. The van der Waals surface area contributed by atoms with Crippen LogP contribution in [0.2, 0.25) is 0 Å². The molecule has 24 heavy (non-hydrogen) atoms. The zero-order valence-electron chi connectivity index (χ0n) is 14.5. The van der Waals surface area contributed by atoms with Crippen LogP contribution >= 0.6 is 0 Å². The Morgan fingerprint density at radius 2 is 2.04 bits per heavy atom. The minimum Gasteiger partial charge on any atom is -0.394 e. The highest BCUT2D eigenvalue weighted by molar-refractivity contribution is 5.78. The van der Waals surface area contributed by atoms with Gasteiger partial charge in [0, 0.05) is 38.9 Å². The van der Waals surface area contributed by atoms with Gasteiger partial charge in [0.2, 0.25) is 5.91 Å². The number of carbonyl (C=O) groups excluding carboxylic acids is 1. The molecule has 2 aliphatic heterocycles. The zero-order valence-corrected chi connectivity index (χ0v) is 14.5. The fourth-order valence-corrected chi connectivity index (χ4v) is 3.80. The topological polar surface area (TPSA) is 59.9 Å². The summed E-state index contributed by atoms with van der Waals surface area (Å²) in [5.41, 5.74) is 0. The van der Waals surface area contributed by atoms with Crippen molar-refractivity contribution in [1.82, 2.24) is 14.8 Å². The molecule has 0 radical (unpaired) electrons. The number of nitrogens with zero attached hydrogens (tertiary/aromatic N) is 4. The normalized spacial score (nSPS) is 25.8. The summed E-state index contributed by atoms with van der Waals surface area (Å²) >= 11 is 0. The maximum absolute atomic E-state index is 12.7. The first-order valence-corrected chi connectivity index (χ1v) is 8.97. The Bertz CT molecular complexity index is 531. The molecule has 6 nitrogen and oxygen atoms in total. The molecule has 0 saturated carbocycles. The molecule has 2 atom stereocenters. The minimum absolute atomic E-state index is 0.0129. The molecule has 6 heteroatoms. The van der Waals surface area contributed by atoms with E-state index in [4.69, 9.17) is 0 Å². The lowest BCUT2D eigenvalue weighted by atomic mass is 9.91. The number of likely N-dealkylation sites (tertiary alicyclic amines) is 1. The molecule has 132 valence electrons. The van der Waals surface area contributed by atoms with Gasteiger partial charge < -0.3 is 14.9 Å². The predicted octanol–water partition coefficient (Wildman–Crippen LogP) is 0.823. The Labute approximate surface area is 144 Å². The van der Waals surface area contributed by atoms with Crippen molar-refractivity contribution >= 4 is 11.7 Å². The SMILES string of the molecule is CC1CCCN(C(=O)CN2CCN(c3ccccn3)CC2)C1CO. The smallest absolute Gasteiger partial charge is 0.237 e. The van der Waals surface area contributed by atoms with Gasteiger partial charge in [0.05, 0.1) is 19.2 Å². The summed E-state index contributed by atoms with van der Waals surface area (Å²) in [6.07, 6.45) is 3.95. The van der Waals surface area contributed by atoms with Gasteiger partial charge >= 0.3 is 0 Å². The number of piperidine rings is 1. The average Bonchev–Trinajstić information content (AvgIpc) is 2.63. The number of hydrogen-bond acceptors (Lipinski definition) is 5. The van der Waals surface area contributed by atoms with E-state index in [0.29, 0.717) is 12.5 Å². The van der Waals surface area contributed by atoms with Crippen LogP contribution < -0.4 is 4.90 Å². The minimum atomic E-state index is -0.0129. The molecule has 2 fully saturated rings. The second-order valence-electron chi connectivity index (χ2n) is 6.91. The van der Waals surface area contributed by atoms with Crippen LogP contribution in [0.3, 0.4) is 0 Å². The van der Waals surface area contributed by atoms with Crippen molar-refractivity contribution in [3.05, 3.63) is 24.4 Å². The van der Waals surface area contributed by atoms with Gasteiger partial charge in [-0.15, -0.1) is 0 Å². The van der Waals surface area contributed by atoms with E-state index in [1.54, 1.807) is 0 Å². The third-order valence-electron chi connectivity index (χ3n) is 5.33. The van der Waals surface area contributed by atoms with Gasteiger partial charge in [-0.05, 0) is 30.9 Å². The van der Waals surface area contributed by atoms with Crippen LogP contribution in [-0.4, -0.2) is 77.7 Å². The summed E-state index contributed by atoms with van der Waals surface area (Å²) in [6.45, 7) is 6.97. The zero-order chi connectivity index (χ0) is 16.9. The summed E-state index contributed by atoms with van der Waals surface area (Å²) in [6, 6.07) is 5.95. The number of carbonyl (C=O) groups is 1. The van der Waals surface area contributed by atoms with Crippen LogP contribution in [0.5, 0.6) is 0 Å². The molecule has 1 aromatic heterocycles. The number of anilines is 1. The highest BCUT2D eigenvalue weighted by Crippen LogP contribution is 2.23. The lowest BCUT2D eigenvalue weighted by molar-refractivity contribution is -0.139. The molecule has 2 saturated heterocycles. The Morgan fingerprint density at radius 1 is 1.25 bits per heavy atom. The van der Waals surface area contributed by atoms with Gasteiger partial charge in [0.15, 0.2) is 0 Å². The van der Waals surface area contributed by atoms with E-state index in [2.05, 4.69) is 21.7 Å². The quantitative estimate of drug-likeness (QED) is 0.885. The molecule has 1 amide bonds. The molecule has 3 heterocycles. The van der Waals surface area contributed by atoms with E-state index in [1.165, 1.54) is 0 Å². The van der Waals surface area contributed by atoms with Crippen LogP contribution in [0.25, 0.3) is 0 Å².